The molecule has 4 rings (SSSR count). The molecule has 0 aromatic carbocycles. The van der Waals surface area contributed by atoms with Crippen molar-refractivity contribution in [2.75, 3.05) is 33.0 Å². The molecule has 236 valence electrons. The highest BCUT2D eigenvalue weighted by atomic mass is 16.7. The first-order valence-corrected chi connectivity index (χ1v) is 17.4. The summed E-state index contributed by atoms with van der Waals surface area (Å²) in [5, 5.41) is 0. The van der Waals surface area contributed by atoms with E-state index < -0.39 is 6.16 Å². The van der Waals surface area contributed by atoms with Crippen LogP contribution in [0, 0.1) is 46.3 Å². The highest BCUT2D eigenvalue weighted by Crippen LogP contribution is 2.67. The molecule has 3 saturated carbocycles. The van der Waals surface area contributed by atoms with Crippen LogP contribution >= 0.6 is 0 Å². The summed E-state index contributed by atoms with van der Waals surface area (Å²) >= 11 is 0. The van der Waals surface area contributed by atoms with Gasteiger partial charge in [-0.25, -0.2) is 4.79 Å². The number of hydrogen-bond donors (Lipinski definition) is 0. The van der Waals surface area contributed by atoms with Gasteiger partial charge in [0.25, 0.3) is 0 Å². The Morgan fingerprint density at radius 3 is 2.41 bits per heavy atom. The number of ether oxygens (including phenoxy) is 4. The third kappa shape index (κ3) is 7.91. The molecule has 0 N–H and O–H groups in total. The average molecular weight is 575 g/mol. The highest BCUT2D eigenvalue weighted by molar-refractivity contribution is 5.60. The molecule has 0 aliphatic heterocycles. The minimum atomic E-state index is -0.552. The van der Waals surface area contributed by atoms with Gasteiger partial charge in [0, 0.05) is 13.0 Å². The van der Waals surface area contributed by atoms with Crippen molar-refractivity contribution >= 4 is 6.16 Å². The molecule has 0 saturated heterocycles. The lowest BCUT2D eigenvalue weighted by Crippen LogP contribution is -2.51. The Morgan fingerprint density at radius 2 is 1.66 bits per heavy atom. The Hall–Kier alpha value is -1.07. The van der Waals surface area contributed by atoms with E-state index in [0.29, 0.717) is 25.2 Å². The smallest absolute Gasteiger partial charge is 0.432 e. The maximum absolute atomic E-state index is 12.4. The standard InChI is InChI=1S/C36H62O5/c1-7-8-20-38-21-22-39-23-24-40-34(37)41-29-16-18-35(5)28(25-29)12-13-30-32-15-14-31(27(4)11-9-10-26(2)3)36(32,6)19-17-33(30)35/h12,26-27,29-33H,7-11,13-25H2,1-6H3/t27-,29+,30+,31-,32+,33+,35+,36-/m1/s1. The van der Waals surface area contributed by atoms with Crippen LogP contribution in [-0.2, 0) is 18.9 Å². The summed E-state index contributed by atoms with van der Waals surface area (Å²) in [5.41, 5.74) is 2.34. The number of allylic oxidation sites excluding steroid dienone is 1. The van der Waals surface area contributed by atoms with Gasteiger partial charge in [-0.15, -0.1) is 0 Å². The van der Waals surface area contributed by atoms with Crippen molar-refractivity contribution in [3.05, 3.63) is 11.6 Å². The largest absolute Gasteiger partial charge is 0.508 e. The van der Waals surface area contributed by atoms with Crippen LogP contribution in [0.5, 0.6) is 0 Å². The summed E-state index contributed by atoms with van der Waals surface area (Å²) in [7, 11) is 0. The number of unbranched alkanes of at least 4 members (excludes halogenated alkanes) is 1. The lowest BCUT2D eigenvalue weighted by atomic mass is 9.47. The van der Waals surface area contributed by atoms with Gasteiger partial charge >= 0.3 is 6.16 Å². The fraction of sp³-hybridized carbons (Fsp3) is 0.917. The monoisotopic (exact) mass is 574 g/mol. The van der Waals surface area contributed by atoms with Crippen LogP contribution in [0.4, 0.5) is 4.79 Å². The predicted octanol–water partition coefficient (Wildman–Crippen LogP) is 9.38. The van der Waals surface area contributed by atoms with Gasteiger partial charge in [0.1, 0.15) is 12.7 Å². The molecule has 0 heterocycles. The van der Waals surface area contributed by atoms with Gasteiger partial charge in [-0.3, -0.25) is 0 Å². The van der Waals surface area contributed by atoms with Crippen molar-refractivity contribution in [3.63, 3.8) is 0 Å². The molecule has 0 bridgehead atoms. The minimum absolute atomic E-state index is 0.0670. The van der Waals surface area contributed by atoms with Gasteiger partial charge in [0.15, 0.2) is 0 Å². The third-order valence-electron chi connectivity index (χ3n) is 12.0. The van der Waals surface area contributed by atoms with Crippen LogP contribution in [0.3, 0.4) is 0 Å². The van der Waals surface area contributed by atoms with E-state index in [1.807, 2.05) is 0 Å². The Morgan fingerprint density at radius 1 is 0.902 bits per heavy atom. The van der Waals surface area contributed by atoms with Crippen LogP contribution in [0.25, 0.3) is 0 Å². The summed E-state index contributed by atoms with van der Waals surface area (Å²) in [4.78, 5) is 12.4. The molecule has 0 amide bonds. The molecule has 3 fully saturated rings. The maximum Gasteiger partial charge on any atom is 0.508 e. The number of carbonyl (C=O) groups excluding carboxylic acids is 1. The molecule has 0 unspecified atom stereocenters. The molecule has 0 spiro atoms. The molecular weight excluding hydrogens is 512 g/mol. The van der Waals surface area contributed by atoms with Crippen molar-refractivity contribution in [3.8, 4) is 0 Å². The van der Waals surface area contributed by atoms with Crippen molar-refractivity contribution in [1.29, 1.82) is 0 Å². The van der Waals surface area contributed by atoms with E-state index in [-0.39, 0.29) is 18.1 Å². The third-order valence-corrected chi connectivity index (χ3v) is 12.0. The van der Waals surface area contributed by atoms with Crippen LogP contribution < -0.4 is 0 Å². The SMILES string of the molecule is CCCCOCCOCCOC(=O)O[C@H]1CC[C@@]2(C)C(=CC[C@H]3[C@@H]4CC[C@H]([C@H](C)CCCC(C)C)[C@@]4(C)CC[C@@H]32)C1. The highest BCUT2D eigenvalue weighted by Gasteiger charge is 2.59. The fourth-order valence-electron chi connectivity index (χ4n) is 9.68. The van der Waals surface area contributed by atoms with E-state index in [1.54, 1.807) is 5.57 Å². The fourth-order valence-corrected chi connectivity index (χ4v) is 9.68. The van der Waals surface area contributed by atoms with Crippen molar-refractivity contribution in [1.82, 2.24) is 0 Å². The normalized spacial score (nSPS) is 35.3. The lowest BCUT2D eigenvalue weighted by molar-refractivity contribution is -0.0627. The summed E-state index contributed by atoms with van der Waals surface area (Å²) in [5.74, 6) is 5.07. The average Bonchev–Trinajstić information content (AvgIpc) is 3.29. The van der Waals surface area contributed by atoms with Crippen molar-refractivity contribution in [2.45, 2.75) is 131 Å². The zero-order chi connectivity index (χ0) is 29.5. The van der Waals surface area contributed by atoms with Crippen LogP contribution in [0.2, 0.25) is 0 Å². The van der Waals surface area contributed by atoms with Gasteiger partial charge in [-0.2, -0.15) is 0 Å². The van der Waals surface area contributed by atoms with E-state index in [0.717, 1.165) is 74.2 Å². The summed E-state index contributed by atoms with van der Waals surface area (Å²) in [6.45, 7) is 17.1. The Kier molecular flexibility index (Phi) is 12.1. The predicted molar refractivity (Wildman–Crippen MR) is 166 cm³/mol. The summed E-state index contributed by atoms with van der Waals surface area (Å²) in [6, 6.07) is 0. The van der Waals surface area contributed by atoms with Crippen LogP contribution in [0.15, 0.2) is 11.6 Å². The Bertz CT molecular complexity index is 853. The molecule has 0 aromatic heterocycles. The zero-order valence-electron chi connectivity index (χ0n) is 27.4. The molecule has 4 aliphatic rings. The van der Waals surface area contributed by atoms with Crippen LogP contribution in [-0.4, -0.2) is 45.3 Å². The van der Waals surface area contributed by atoms with E-state index in [4.69, 9.17) is 18.9 Å². The first-order valence-electron chi connectivity index (χ1n) is 17.4. The number of carbonyl (C=O) groups is 1. The second-order valence-corrected chi connectivity index (χ2v) is 14.9. The van der Waals surface area contributed by atoms with E-state index in [1.165, 1.54) is 51.4 Å². The van der Waals surface area contributed by atoms with Crippen LogP contribution in [0.1, 0.15) is 125 Å². The first-order chi connectivity index (χ1) is 19.7. The number of hydrogen-bond acceptors (Lipinski definition) is 5. The topological polar surface area (TPSA) is 54.0 Å². The van der Waals surface area contributed by atoms with E-state index in [2.05, 4.69) is 47.6 Å². The summed E-state index contributed by atoms with van der Waals surface area (Å²) in [6.07, 6.45) is 18.1. The van der Waals surface area contributed by atoms with E-state index >= 15 is 0 Å². The van der Waals surface area contributed by atoms with Gasteiger partial charge < -0.3 is 18.9 Å². The van der Waals surface area contributed by atoms with Crippen molar-refractivity contribution in [2.24, 2.45) is 46.3 Å². The molecular formula is C36H62O5. The van der Waals surface area contributed by atoms with Crippen molar-refractivity contribution < 1.29 is 23.7 Å². The lowest BCUT2D eigenvalue weighted by Gasteiger charge is -2.58. The number of rotatable bonds is 15. The second-order valence-electron chi connectivity index (χ2n) is 14.9. The van der Waals surface area contributed by atoms with Gasteiger partial charge in [-0.1, -0.05) is 78.9 Å². The zero-order valence-corrected chi connectivity index (χ0v) is 27.4. The summed E-state index contributed by atoms with van der Waals surface area (Å²) < 4.78 is 22.1. The van der Waals surface area contributed by atoms with Gasteiger partial charge in [0.05, 0.1) is 19.8 Å². The molecule has 5 heteroatoms. The molecule has 4 aliphatic carbocycles. The Labute approximate surface area is 251 Å². The van der Waals surface area contributed by atoms with Gasteiger partial charge in [-0.05, 0) is 97.7 Å². The molecule has 0 aromatic rings. The van der Waals surface area contributed by atoms with E-state index in [9.17, 15) is 4.79 Å². The molecule has 8 atom stereocenters. The second kappa shape index (κ2) is 15.1. The van der Waals surface area contributed by atoms with Gasteiger partial charge in [0.2, 0.25) is 0 Å². The minimum Gasteiger partial charge on any atom is -0.432 e. The number of fused-ring (bicyclic) bond motifs is 5. The molecule has 0 radical (unpaired) electrons. The Balaban J connectivity index is 1.24. The first kappa shape index (κ1) is 32.8. The molecule has 41 heavy (non-hydrogen) atoms. The molecule has 5 nitrogen and oxygen atoms in total. The quantitative estimate of drug-likeness (QED) is 0.111. The maximum atomic E-state index is 12.4.